The summed E-state index contributed by atoms with van der Waals surface area (Å²) in [6.07, 6.45) is 0. The first kappa shape index (κ1) is 8.83. The van der Waals surface area contributed by atoms with Gasteiger partial charge >= 0.3 is 0 Å². The predicted octanol–water partition coefficient (Wildman–Crippen LogP) is -6.48. The maximum atomic E-state index is 2.79. The lowest BCUT2D eigenvalue weighted by Gasteiger charge is -2.09. The Labute approximate surface area is 74.0 Å². The van der Waals surface area contributed by atoms with E-state index in [-0.39, 0.29) is 0 Å². The van der Waals surface area contributed by atoms with E-state index >= 15 is 0 Å². The summed E-state index contributed by atoms with van der Waals surface area (Å²) in [5.41, 5.74) is 0. The molecule has 1 rings (SSSR count). The lowest BCUT2D eigenvalue weighted by molar-refractivity contribution is 2.33. The van der Waals surface area contributed by atoms with Crippen molar-refractivity contribution in [3.05, 3.63) is 0 Å². The molecule has 0 atom stereocenters. The molecule has 0 unspecified atom stereocenters. The van der Waals surface area contributed by atoms with Crippen molar-refractivity contribution in [2.45, 2.75) is 6.55 Å². The molecule has 0 aromatic carbocycles. The van der Waals surface area contributed by atoms with E-state index in [0.717, 1.165) is 59.9 Å². The molecule has 1 aliphatic rings. The molecular weight excluding hydrogens is 237 g/mol. The highest BCUT2D eigenvalue weighted by molar-refractivity contribution is 7.79. The number of hydrogen-bond acceptors (Lipinski definition) is 0. The van der Waals surface area contributed by atoms with Gasteiger partial charge in [-0.15, -0.1) is 0 Å². The molecular formula is CH18Si8. The summed E-state index contributed by atoms with van der Waals surface area (Å²) in [4.78, 5) is 0. The number of rotatable bonds is 0. The Balaban J connectivity index is 2.12. The van der Waals surface area contributed by atoms with E-state index in [1.165, 1.54) is 0 Å². The molecule has 0 radical (unpaired) electrons. The fourth-order valence-electron chi connectivity index (χ4n) is 1.66. The monoisotopic (exact) mass is 254 g/mol. The van der Waals surface area contributed by atoms with Gasteiger partial charge in [0, 0.05) is 7.83 Å². The van der Waals surface area contributed by atoms with Crippen LogP contribution in [-0.2, 0) is 0 Å². The lowest BCUT2D eigenvalue weighted by Crippen LogP contribution is -2.44. The summed E-state index contributed by atoms with van der Waals surface area (Å²) in [5.74, 6) is 0. The summed E-state index contributed by atoms with van der Waals surface area (Å²) in [5, 5.41) is 0. The molecule has 1 heterocycles. The van der Waals surface area contributed by atoms with Gasteiger partial charge < -0.3 is 0 Å². The average Bonchev–Trinajstić information content (AvgIpc) is 1.79. The van der Waals surface area contributed by atoms with Crippen molar-refractivity contribution in [1.82, 2.24) is 0 Å². The van der Waals surface area contributed by atoms with Gasteiger partial charge in [0.1, 0.15) is 0 Å². The first-order chi connectivity index (χ1) is 4.39. The smallest absolute Gasteiger partial charge is 0.00317 e. The van der Waals surface area contributed by atoms with Crippen LogP contribution in [0.5, 0.6) is 0 Å². The largest absolute Gasteiger partial charge is 0.0770 e. The molecule has 0 aliphatic carbocycles. The Morgan fingerprint density at radius 3 is 1.78 bits per heavy atom. The van der Waals surface area contributed by atoms with Crippen molar-refractivity contribution in [1.29, 1.82) is 0 Å². The third-order valence-corrected chi connectivity index (χ3v) is 163. The topological polar surface area (TPSA) is 0 Å². The normalized spacial score (nSPS) is 49.7. The summed E-state index contributed by atoms with van der Waals surface area (Å²) in [7, 11) is 6.60. The Bertz CT molecular complexity index is 63.0. The van der Waals surface area contributed by atoms with E-state index in [4.69, 9.17) is 0 Å². The highest BCUT2D eigenvalue weighted by atomic mass is 30.1. The van der Waals surface area contributed by atoms with Gasteiger partial charge in [-0.3, -0.25) is 0 Å². The molecule has 0 bridgehead atoms. The molecule has 0 spiro atoms. The van der Waals surface area contributed by atoms with E-state index in [0.29, 0.717) is 7.83 Å². The Kier molecular flexibility index (Phi) is 5.29. The van der Waals surface area contributed by atoms with Gasteiger partial charge in [-0.2, -0.15) is 0 Å². The van der Waals surface area contributed by atoms with E-state index < -0.39 is 0 Å². The van der Waals surface area contributed by atoms with Gasteiger partial charge in [-0.05, 0) is 59.9 Å². The van der Waals surface area contributed by atoms with Crippen LogP contribution < -0.4 is 0 Å². The second-order valence-electron chi connectivity index (χ2n) is 3.45. The second kappa shape index (κ2) is 5.39. The molecule has 0 aromatic heterocycles. The number of hydrogen-bond donors (Lipinski definition) is 0. The highest BCUT2D eigenvalue weighted by Gasteiger charge is 2.08. The molecule has 8 heteroatoms. The molecule has 1 saturated heterocycles. The quantitative estimate of drug-likeness (QED) is 0.378. The first-order valence-corrected chi connectivity index (χ1v) is 36.1. The van der Waals surface area contributed by atoms with Crippen molar-refractivity contribution in [2.75, 3.05) is 0 Å². The van der Waals surface area contributed by atoms with E-state index in [1.54, 1.807) is 0 Å². The zero-order valence-corrected chi connectivity index (χ0v) is 17.6. The zero-order chi connectivity index (χ0) is 6.53. The summed E-state index contributed by atoms with van der Waals surface area (Å²) in [6, 6.07) is 0. The minimum Gasteiger partial charge on any atom is -0.0770 e. The van der Waals surface area contributed by atoms with Gasteiger partial charge in [0.05, 0.1) is 0 Å². The SMILES string of the molecule is C[SiH]1[SiH2][SiH2][SiH2][SiH2][SiH2][SiH2][SiH2]1. The molecule has 54 valence electrons. The van der Waals surface area contributed by atoms with Gasteiger partial charge in [-0.25, -0.2) is 0 Å². The van der Waals surface area contributed by atoms with Crippen LogP contribution in [0.15, 0.2) is 0 Å². The minimum atomic E-state index is 0.324. The molecule has 9 heavy (non-hydrogen) atoms. The van der Waals surface area contributed by atoms with Crippen LogP contribution in [0.2, 0.25) is 6.55 Å². The first-order valence-electron chi connectivity index (χ1n) is 4.39. The Hall–Kier alpha value is 1.74. The Morgan fingerprint density at radius 1 is 0.778 bits per heavy atom. The molecule has 0 nitrogen and oxygen atoms in total. The van der Waals surface area contributed by atoms with Crippen molar-refractivity contribution in [3.8, 4) is 0 Å². The maximum absolute atomic E-state index is 2.79. The zero-order valence-electron chi connectivity index (χ0n) is 6.53. The maximum Gasteiger partial charge on any atom is 0.00317 e. The second-order valence-corrected chi connectivity index (χ2v) is 78.5. The standard InChI is InChI=1S/CH18Si8/c1-9-7-5-3-2-4-6-8-9/h9H,2-8H2,1H3. The molecule has 0 N–H and O–H groups in total. The van der Waals surface area contributed by atoms with Crippen LogP contribution in [0, 0.1) is 0 Å². The summed E-state index contributed by atoms with van der Waals surface area (Å²) in [6.45, 7) is 2.79. The van der Waals surface area contributed by atoms with Gasteiger partial charge in [0.25, 0.3) is 0 Å². The van der Waals surface area contributed by atoms with Crippen molar-refractivity contribution in [2.24, 2.45) is 0 Å². The van der Waals surface area contributed by atoms with Crippen LogP contribution in [0.4, 0.5) is 0 Å². The lowest BCUT2D eigenvalue weighted by atomic mass is 11.9. The van der Waals surface area contributed by atoms with E-state index in [2.05, 4.69) is 6.55 Å². The van der Waals surface area contributed by atoms with Crippen LogP contribution >= 0.6 is 0 Å². The van der Waals surface area contributed by atoms with Gasteiger partial charge in [0.15, 0.2) is 0 Å². The fourth-order valence-corrected chi connectivity index (χ4v) is 337. The highest BCUT2D eigenvalue weighted by Crippen LogP contribution is 1.75. The molecule has 0 saturated carbocycles. The Morgan fingerprint density at radius 2 is 1.22 bits per heavy atom. The third-order valence-electron chi connectivity index (χ3n) is 2.39. The average molecular weight is 255 g/mol. The van der Waals surface area contributed by atoms with Crippen molar-refractivity contribution >= 4 is 67.7 Å². The summed E-state index contributed by atoms with van der Waals surface area (Å²) < 4.78 is 0. The fraction of sp³-hybridized carbons (Fsp3) is 1.00. The molecule has 1 aliphatic heterocycles. The summed E-state index contributed by atoms with van der Waals surface area (Å²) >= 11 is 0. The molecule has 0 amide bonds. The van der Waals surface area contributed by atoms with Crippen LogP contribution in [0.1, 0.15) is 0 Å². The van der Waals surface area contributed by atoms with Crippen LogP contribution in [0.25, 0.3) is 0 Å². The molecule has 0 aromatic rings. The van der Waals surface area contributed by atoms with Crippen LogP contribution in [0.3, 0.4) is 0 Å². The van der Waals surface area contributed by atoms with Crippen molar-refractivity contribution < 1.29 is 0 Å². The van der Waals surface area contributed by atoms with Gasteiger partial charge in [0.2, 0.25) is 0 Å². The minimum absolute atomic E-state index is 0.324. The van der Waals surface area contributed by atoms with E-state index in [9.17, 15) is 0 Å². The van der Waals surface area contributed by atoms with E-state index in [1.807, 2.05) is 0 Å². The van der Waals surface area contributed by atoms with Gasteiger partial charge in [-0.1, -0.05) is 6.55 Å². The predicted molar refractivity (Wildman–Crippen MR) is 72.8 cm³/mol. The van der Waals surface area contributed by atoms with Crippen molar-refractivity contribution in [3.63, 3.8) is 0 Å². The molecule has 1 fully saturated rings. The third kappa shape index (κ3) is 4.23. The van der Waals surface area contributed by atoms with Crippen LogP contribution in [-0.4, -0.2) is 67.7 Å².